The highest BCUT2D eigenvalue weighted by atomic mass is 79.9. The Morgan fingerprint density at radius 3 is 2.70 bits per heavy atom. The van der Waals surface area contributed by atoms with Gasteiger partial charge in [0, 0.05) is 11.8 Å². The molecule has 112 valence electrons. The molecular formula is C15H23BrN2OS. The van der Waals surface area contributed by atoms with Gasteiger partial charge in [0.25, 0.3) is 0 Å². The lowest BCUT2D eigenvalue weighted by Gasteiger charge is -2.08. The molecule has 1 fully saturated rings. The van der Waals surface area contributed by atoms with Crippen molar-refractivity contribution in [2.75, 3.05) is 5.75 Å². The minimum atomic E-state index is 0.319. The van der Waals surface area contributed by atoms with E-state index in [1.165, 1.54) is 25.7 Å². The first-order valence-corrected chi connectivity index (χ1v) is 9.37. The highest BCUT2D eigenvalue weighted by Gasteiger charge is 2.19. The predicted molar refractivity (Wildman–Crippen MR) is 88.4 cm³/mol. The molecule has 0 atom stereocenters. The molecule has 0 amide bonds. The number of hydrogen-bond acceptors (Lipinski definition) is 3. The van der Waals surface area contributed by atoms with Gasteiger partial charge in [-0.2, -0.15) is 16.9 Å². The maximum Gasteiger partial charge on any atom is 0.148 e. The van der Waals surface area contributed by atoms with Gasteiger partial charge in [-0.1, -0.05) is 19.8 Å². The quantitative estimate of drug-likeness (QED) is 0.738. The Balaban J connectivity index is 1.94. The van der Waals surface area contributed by atoms with Crippen molar-refractivity contribution in [3.8, 4) is 0 Å². The lowest BCUT2D eigenvalue weighted by atomic mass is 10.2. The van der Waals surface area contributed by atoms with Crippen molar-refractivity contribution in [3.63, 3.8) is 0 Å². The van der Waals surface area contributed by atoms with Crippen molar-refractivity contribution in [2.45, 2.75) is 64.2 Å². The van der Waals surface area contributed by atoms with Crippen LogP contribution in [-0.4, -0.2) is 26.6 Å². The summed E-state index contributed by atoms with van der Waals surface area (Å²) in [7, 11) is 0. The Bertz CT molecular complexity index is 467. The van der Waals surface area contributed by atoms with E-state index in [1.807, 2.05) is 16.4 Å². The summed E-state index contributed by atoms with van der Waals surface area (Å²) in [5, 5.41) is 5.26. The molecule has 5 heteroatoms. The Morgan fingerprint density at radius 2 is 2.10 bits per heavy atom. The number of thioether (sulfide) groups is 1. The van der Waals surface area contributed by atoms with E-state index < -0.39 is 0 Å². The fourth-order valence-corrected chi connectivity index (χ4v) is 4.58. The molecule has 0 bridgehead atoms. The van der Waals surface area contributed by atoms with Crippen molar-refractivity contribution in [3.05, 3.63) is 15.9 Å². The second-order valence-corrected chi connectivity index (χ2v) is 7.39. The van der Waals surface area contributed by atoms with Crippen LogP contribution >= 0.6 is 27.7 Å². The largest absolute Gasteiger partial charge is 0.298 e. The van der Waals surface area contributed by atoms with E-state index in [-0.39, 0.29) is 0 Å². The van der Waals surface area contributed by atoms with Crippen LogP contribution in [0.5, 0.6) is 0 Å². The van der Waals surface area contributed by atoms with Crippen LogP contribution in [-0.2, 0) is 24.2 Å². The van der Waals surface area contributed by atoms with Gasteiger partial charge in [-0.05, 0) is 42.1 Å². The zero-order valence-electron chi connectivity index (χ0n) is 12.3. The summed E-state index contributed by atoms with van der Waals surface area (Å²) in [4.78, 5) is 12.2. The molecule has 1 aliphatic carbocycles. The molecule has 0 N–H and O–H groups in total. The van der Waals surface area contributed by atoms with Crippen LogP contribution in [0.2, 0.25) is 0 Å². The normalized spacial score (nSPS) is 15.9. The zero-order valence-corrected chi connectivity index (χ0v) is 14.7. The highest BCUT2D eigenvalue weighted by Crippen LogP contribution is 2.30. The van der Waals surface area contributed by atoms with Gasteiger partial charge in [0.2, 0.25) is 0 Å². The van der Waals surface area contributed by atoms with E-state index >= 15 is 0 Å². The number of carbonyl (C=O) groups excluding carboxylic acids is 1. The lowest BCUT2D eigenvalue weighted by Crippen LogP contribution is -2.13. The number of aromatic nitrogens is 2. The number of rotatable bonds is 7. The van der Waals surface area contributed by atoms with E-state index in [0.717, 1.165) is 28.8 Å². The van der Waals surface area contributed by atoms with Gasteiger partial charge in [0.1, 0.15) is 5.78 Å². The maximum atomic E-state index is 12.2. The third-order valence-corrected chi connectivity index (χ3v) is 6.19. The number of Topliss-reactive ketones (excluding diaryl/α,β-unsaturated/α-hetero) is 1. The first kappa shape index (κ1) is 16.1. The van der Waals surface area contributed by atoms with E-state index in [9.17, 15) is 4.79 Å². The smallest absolute Gasteiger partial charge is 0.148 e. The van der Waals surface area contributed by atoms with Crippen LogP contribution in [0.25, 0.3) is 0 Å². The number of halogens is 1. The first-order valence-electron chi connectivity index (χ1n) is 7.53. The minimum absolute atomic E-state index is 0.319. The average Bonchev–Trinajstić information content (AvgIpc) is 3.06. The standard InChI is InChI=1S/C15H23BrN2OS/c1-3-13-15(16)14(18(4-2)17-13)9-11(19)10-20-12-7-5-6-8-12/h12H,3-10H2,1-2H3. The number of ketones is 1. The van der Waals surface area contributed by atoms with Gasteiger partial charge < -0.3 is 0 Å². The van der Waals surface area contributed by atoms with Crippen LogP contribution in [0.4, 0.5) is 0 Å². The molecule has 0 spiro atoms. The van der Waals surface area contributed by atoms with Gasteiger partial charge >= 0.3 is 0 Å². The molecular weight excluding hydrogens is 336 g/mol. The average molecular weight is 359 g/mol. The van der Waals surface area contributed by atoms with Crippen LogP contribution < -0.4 is 0 Å². The maximum absolute atomic E-state index is 12.2. The van der Waals surface area contributed by atoms with E-state index in [1.54, 1.807) is 0 Å². The topological polar surface area (TPSA) is 34.9 Å². The molecule has 20 heavy (non-hydrogen) atoms. The SMILES string of the molecule is CCc1nn(CC)c(CC(=O)CSC2CCCC2)c1Br. The van der Waals surface area contributed by atoms with Crippen molar-refractivity contribution in [1.82, 2.24) is 9.78 Å². The molecule has 1 aromatic heterocycles. The first-order chi connectivity index (χ1) is 9.65. The van der Waals surface area contributed by atoms with Crippen molar-refractivity contribution < 1.29 is 4.79 Å². The zero-order chi connectivity index (χ0) is 14.5. The fraction of sp³-hybridized carbons (Fsp3) is 0.733. The summed E-state index contributed by atoms with van der Waals surface area (Å²) in [6.07, 6.45) is 6.63. The number of aryl methyl sites for hydroxylation is 2. The van der Waals surface area contributed by atoms with Crippen molar-refractivity contribution >= 4 is 33.5 Å². The summed E-state index contributed by atoms with van der Waals surface area (Å²) in [5.41, 5.74) is 2.10. The Morgan fingerprint density at radius 1 is 1.40 bits per heavy atom. The monoisotopic (exact) mass is 358 g/mol. The lowest BCUT2D eigenvalue weighted by molar-refractivity contribution is -0.116. The van der Waals surface area contributed by atoms with Crippen molar-refractivity contribution in [1.29, 1.82) is 0 Å². The Hall–Kier alpha value is -0.290. The molecule has 2 rings (SSSR count). The van der Waals surface area contributed by atoms with Gasteiger partial charge in [0.15, 0.2) is 0 Å². The van der Waals surface area contributed by atoms with Crippen LogP contribution in [0.1, 0.15) is 50.9 Å². The summed E-state index contributed by atoms with van der Waals surface area (Å²) >= 11 is 5.46. The molecule has 0 unspecified atom stereocenters. The third-order valence-electron chi connectivity index (χ3n) is 3.84. The Labute approximate surface area is 134 Å². The number of hydrogen-bond donors (Lipinski definition) is 0. The highest BCUT2D eigenvalue weighted by molar-refractivity contribution is 9.10. The Kier molecular flexibility index (Phi) is 6.15. The molecule has 1 heterocycles. The fourth-order valence-electron chi connectivity index (χ4n) is 2.69. The number of nitrogens with zero attached hydrogens (tertiary/aromatic N) is 2. The van der Waals surface area contributed by atoms with Gasteiger partial charge in [-0.25, -0.2) is 0 Å². The van der Waals surface area contributed by atoms with Crippen LogP contribution in [0.3, 0.4) is 0 Å². The molecule has 1 saturated carbocycles. The van der Waals surface area contributed by atoms with Crippen LogP contribution in [0.15, 0.2) is 4.47 Å². The van der Waals surface area contributed by atoms with E-state index in [2.05, 4.69) is 34.9 Å². The molecule has 0 aliphatic heterocycles. The molecule has 1 aliphatic rings. The predicted octanol–water partition coefficient (Wildman–Crippen LogP) is 4.02. The number of carbonyl (C=O) groups is 1. The summed E-state index contributed by atoms with van der Waals surface area (Å²) in [5.74, 6) is 0.966. The van der Waals surface area contributed by atoms with Gasteiger partial charge in [0.05, 0.1) is 28.0 Å². The molecule has 0 saturated heterocycles. The second kappa shape index (κ2) is 7.64. The molecule has 0 aromatic carbocycles. The summed E-state index contributed by atoms with van der Waals surface area (Å²) in [6, 6.07) is 0. The minimum Gasteiger partial charge on any atom is -0.298 e. The van der Waals surface area contributed by atoms with E-state index in [4.69, 9.17) is 0 Å². The summed E-state index contributed by atoms with van der Waals surface area (Å²) < 4.78 is 2.99. The van der Waals surface area contributed by atoms with Crippen molar-refractivity contribution in [2.24, 2.45) is 0 Å². The van der Waals surface area contributed by atoms with Gasteiger partial charge in [-0.15, -0.1) is 0 Å². The molecule has 1 aromatic rings. The second-order valence-electron chi connectivity index (χ2n) is 5.31. The van der Waals surface area contributed by atoms with Gasteiger partial charge in [-0.3, -0.25) is 9.48 Å². The van der Waals surface area contributed by atoms with E-state index in [0.29, 0.717) is 23.2 Å². The van der Waals surface area contributed by atoms with Crippen LogP contribution in [0, 0.1) is 0 Å². The molecule has 0 radical (unpaired) electrons. The summed E-state index contributed by atoms with van der Waals surface area (Å²) in [6.45, 7) is 4.98. The third kappa shape index (κ3) is 3.88. The molecule has 3 nitrogen and oxygen atoms in total.